The molecule has 4 atom stereocenters. The Morgan fingerprint density at radius 2 is 1.00 bits per heavy atom. The van der Waals surface area contributed by atoms with E-state index < -0.39 is 0 Å². The van der Waals surface area contributed by atoms with E-state index in [-0.39, 0.29) is 0 Å². The largest absolute Gasteiger partial charge is 0.106 e. The van der Waals surface area contributed by atoms with E-state index in [9.17, 15) is 0 Å². The van der Waals surface area contributed by atoms with E-state index in [2.05, 4.69) is 41.5 Å². The molecule has 0 nitrogen and oxygen atoms in total. The second-order valence-electron chi connectivity index (χ2n) is 6.05. The fraction of sp³-hybridized carbons (Fsp3) is 1.00. The van der Waals surface area contributed by atoms with Crippen LogP contribution in [0.2, 0.25) is 0 Å². The van der Waals surface area contributed by atoms with Crippen molar-refractivity contribution in [2.45, 2.75) is 52.3 Å². The third-order valence-electron chi connectivity index (χ3n) is 2.44. The third kappa shape index (κ3) is 3.41. The summed E-state index contributed by atoms with van der Waals surface area (Å²) in [5.41, 5.74) is 1.12. The molecule has 0 radical (unpaired) electrons. The lowest BCUT2D eigenvalue weighted by atomic mass is 9.99. The van der Waals surface area contributed by atoms with Crippen LogP contribution in [0, 0.1) is 10.8 Å². The molecule has 1 aliphatic rings. The molecular formula is C10H23P3. The van der Waals surface area contributed by atoms with Crippen LogP contribution in [-0.2, 0) is 0 Å². The quantitative estimate of drug-likeness (QED) is 0.535. The molecule has 1 rings (SSSR count). The summed E-state index contributed by atoms with van der Waals surface area (Å²) in [6.45, 7) is 14.5. The molecule has 1 saturated heterocycles. The van der Waals surface area contributed by atoms with Gasteiger partial charge in [-0.1, -0.05) is 58.1 Å². The molecule has 1 aliphatic heterocycles. The van der Waals surface area contributed by atoms with Gasteiger partial charge in [-0.15, -0.1) is 8.58 Å². The van der Waals surface area contributed by atoms with Crippen molar-refractivity contribution in [3.63, 3.8) is 0 Å². The average molecular weight is 236 g/mol. The molecule has 4 unspecified atom stereocenters. The van der Waals surface area contributed by atoms with Crippen LogP contribution in [0.3, 0.4) is 0 Å². The highest BCUT2D eigenvalue weighted by Gasteiger charge is 2.37. The maximum absolute atomic E-state index is 2.41. The van der Waals surface area contributed by atoms with Crippen molar-refractivity contribution in [3.05, 3.63) is 0 Å². The summed E-state index contributed by atoms with van der Waals surface area (Å²) in [6.07, 6.45) is 0. The molecule has 0 spiro atoms. The van der Waals surface area contributed by atoms with Crippen LogP contribution in [0.25, 0.3) is 0 Å². The molecule has 0 aromatic heterocycles. The van der Waals surface area contributed by atoms with Gasteiger partial charge in [-0.05, 0) is 10.8 Å². The van der Waals surface area contributed by atoms with E-state index >= 15 is 0 Å². The molecule has 0 aliphatic carbocycles. The molecule has 1 fully saturated rings. The molecule has 13 heavy (non-hydrogen) atoms. The van der Waals surface area contributed by atoms with E-state index in [1.54, 1.807) is 0 Å². The van der Waals surface area contributed by atoms with Crippen LogP contribution in [0.4, 0.5) is 0 Å². The smallest absolute Gasteiger partial charge is 0.00302 e. The predicted molar refractivity (Wildman–Crippen MR) is 71.4 cm³/mol. The molecule has 3 heteroatoms. The molecule has 0 saturated carbocycles. The number of hydrogen-bond acceptors (Lipinski definition) is 0. The Hall–Kier alpha value is 1.29. The minimum atomic E-state index is 0.559. The van der Waals surface area contributed by atoms with Crippen LogP contribution in [-0.4, -0.2) is 10.8 Å². The predicted octanol–water partition coefficient (Wildman–Crippen LogP) is 4.69. The van der Waals surface area contributed by atoms with Gasteiger partial charge in [-0.25, -0.2) is 0 Å². The second-order valence-corrected chi connectivity index (χ2v) is 12.2. The van der Waals surface area contributed by atoms with Crippen molar-refractivity contribution in [2.24, 2.45) is 10.8 Å². The lowest BCUT2D eigenvalue weighted by Crippen LogP contribution is -2.20. The maximum Gasteiger partial charge on any atom is 0.00302 e. The lowest BCUT2D eigenvalue weighted by molar-refractivity contribution is 0.441. The van der Waals surface area contributed by atoms with Gasteiger partial charge in [0.2, 0.25) is 0 Å². The molecule has 0 bridgehead atoms. The highest BCUT2D eigenvalue weighted by molar-refractivity contribution is 8.19. The summed E-state index contributed by atoms with van der Waals surface area (Å²) in [4.78, 5) is 0. The lowest BCUT2D eigenvalue weighted by Gasteiger charge is -2.30. The SMILES string of the molecule is CC(C)(C)C1PPC(C(C)(C)C)P1. The number of hydrogen-bond donors (Lipinski definition) is 0. The first-order chi connectivity index (χ1) is 5.71. The van der Waals surface area contributed by atoms with Gasteiger partial charge in [0.1, 0.15) is 0 Å². The van der Waals surface area contributed by atoms with E-state index in [1.807, 2.05) is 0 Å². The van der Waals surface area contributed by atoms with Crippen molar-refractivity contribution < 1.29 is 0 Å². The summed E-state index contributed by atoms with van der Waals surface area (Å²) < 4.78 is 0. The van der Waals surface area contributed by atoms with Gasteiger partial charge >= 0.3 is 0 Å². The van der Waals surface area contributed by atoms with Gasteiger partial charge < -0.3 is 0 Å². The minimum Gasteiger partial charge on any atom is -0.106 e. The normalized spacial score (nSPS) is 36.5. The Morgan fingerprint density at radius 1 is 0.692 bits per heavy atom. The molecule has 78 valence electrons. The molecule has 0 N–H and O–H groups in total. The zero-order valence-corrected chi connectivity index (χ0v) is 12.7. The topological polar surface area (TPSA) is 0 Å². The summed E-state index contributed by atoms with van der Waals surface area (Å²) in [7, 11) is 3.71. The molecular weight excluding hydrogens is 213 g/mol. The summed E-state index contributed by atoms with van der Waals surface area (Å²) >= 11 is 0. The highest BCUT2D eigenvalue weighted by atomic mass is 32.0. The average Bonchev–Trinajstić information content (AvgIpc) is 2.28. The number of rotatable bonds is 0. The first kappa shape index (κ1) is 12.4. The van der Waals surface area contributed by atoms with Crippen LogP contribution < -0.4 is 0 Å². The molecule has 0 aromatic carbocycles. The maximum atomic E-state index is 2.41. The van der Waals surface area contributed by atoms with Crippen molar-refractivity contribution in [3.8, 4) is 0 Å². The van der Waals surface area contributed by atoms with Crippen LogP contribution in [0.15, 0.2) is 0 Å². The minimum absolute atomic E-state index is 0.559. The third-order valence-corrected chi connectivity index (χ3v) is 13.1. The van der Waals surface area contributed by atoms with E-state index in [0.717, 1.165) is 10.8 Å². The Labute approximate surface area is 88.7 Å². The van der Waals surface area contributed by atoms with Gasteiger partial charge in [0, 0.05) is 10.8 Å². The fourth-order valence-electron chi connectivity index (χ4n) is 1.35. The Balaban J connectivity index is 2.55. The summed E-state index contributed by atoms with van der Waals surface area (Å²) in [5.74, 6) is 0. The van der Waals surface area contributed by atoms with E-state index in [4.69, 9.17) is 0 Å². The van der Waals surface area contributed by atoms with Crippen LogP contribution in [0.5, 0.6) is 0 Å². The Bertz CT molecular complexity index is 156. The fourth-order valence-corrected chi connectivity index (χ4v) is 12.6. The Morgan fingerprint density at radius 3 is 1.15 bits per heavy atom. The second kappa shape index (κ2) is 4.04. The van der Waals surface area contributed by atoms with Crippen LogP contribution in [0.1, 0.15) is 41.5 Å². The van der Waals surface area contributed by atoms with Gasteiger partial charge in [0.15, 0.2) is 0 Å². The van der Waals surface area contributed by atoms with Gasteiger partial charge in [-0.3, -0.25) is 0 Å². The molecule has 0 amide bonds. The van der Waals surface area contributed by atoms with Crippen molar-refractivity contribution in [1.29, 1.82) is 0 Å². The summed E-state index contributed by atoms with van der Waals surface area (Å²) in [5, 5.41) is 2.05. The van der Waals surface area contributed by atoms with Crippen molar-refractivity contribution in [2.75, 3.05) is 0 Å². The Kier molecular flexibility index (Phi) is 3.84. The van der Waals surface area contributed by atoms with Gasteiger partial charge in [-0.2, -0.15) is 0 Å². The zero-order valence-electron chi connectivity index (χ0n) is 9.65. The highest BCUT2D eigenvalue weighted by Crippen LogP contribution is 2.71. The first-order valence-electron chi connectivity index (χ1n) is 4.98. The van der Waals surface area contributed by atoms with Gasteiger partial charge in [0.05, 0.1) is 0 Å². The standard InChI is InChI=1S/C10H23P3/c1-9(2,3)7-11-8(13-12-7)10(4,5)6/h7-8,11-13H,1-6H3. The molecule has 0 aromatic rings. The van der Waals surface area contributed by atoms with E-state index in [0.29, 0.717) is 10.8 Å². The first-order valence-corrected chi connectivity index (χ1v) is 9.29. The van der Waals surface area contributed by atoms with Crippen LogP contribution >= 0.6 is 25.1 Å². The van der Waals surface area contributed by atoms with Crippen molar-refractivity contribution >= 4 is 25.1 Å². The molecule has 1 heterocycles. The summed E-state index contributed by atoms with van der Waals surface area (Å²) in [6, 6.07) is 0. The van der Waals surface area contributed by atoms with E-state index in [1.165, 1.54) is 25.1 Å². The zero-order chi connectivity index (χ0) is 10.3. The monoisotopic (exact) mass is 236 g/mol. The van der Waals surface area contributed by atoms with Crippen molar-refractivity contribution in [1.82, 2.24) is 0 Å². The van der Waals surface area contributed by atoms with Gasteiger partial charge in [0.25, 0.3) is 0 Å².